The van der Waals surface area contributed by atoms with E-state index in [1.807, 2.05) is 24.3 Å². The van der Waals surface area contributed by atoms with Gasteiger partial charge in [-0.1, -0.05) is 0 Å². The van der Waals surface area contributed by atoms with Gasteiger partial charge in [0.1, 0.15) is 12.4 Å². The van der Waals surface area contributed by atoms with E-state index in [0.717, 1.165) is 20.7 Å². The van der Waals surface area contributed by atoms with Crippen molar-refractivity contribution < 1.29 is 14.6 Å². The summed E-state index contributed by atoms with van der Waals surface area (Å²) in [4.78, 5) is 16.0. The highest BCUT2D eigenvalue weighted by Gasteiger charge is 2.07. The molecule has 0 spiro atoms. The molecule has 1 N–H and O–H groups in total. The van der Waals surface area contributed by atoms with Gasteiger partial charge in [-0.25, -0.2) is 4.79 Å². The molecular formula is C15H11NO3S. The number of carboxylic acid groups (broad SMARTS) is 1. The molecule has 20 heavy (non-hydrogen) atoms. The molecule has 3 rings (SSSR count). The first-order valence-corrected chi connectivity index (χ1v) is 6.82. The van der Waals surface area contributed by atoms with E-state index >= 15 is 0 Å². The first-order valence-electron chi connectivity index (χ1n) is 6.01. The molecule has 0 atom stereocenters. The Morgan fingerprint density at radius 3 is 2.95 bits per heavy atom. The SMILES string of the molecule is O=C(O)c1ccc2sc(COc3cccnc3)cc2c1. The molecule has 0 bridgehead atoms. The smallest absolute Gasteiger partial charge is 0.335 e. The maximum absolute atomic E-state index is 10.9. The van der Waals surface area contributed by atoms with Gasteiger partial charge >= 0.3 is 5.97 Å². The molecular weight excluding hydrogens is 274 g/mol. The zero-order chi connectivity index (χ0) is 13.9. The first-order chi connectivity index (χ1) is 9.72. The Labute approximate surface area is 119 Å². The molecule has 2 aromatic heterocycles. The van der Waals surface area contributed by atoms with E-state index in [0.29, 0.717) is 12.2 Å². The van der Waals surface area contributed by atoms with Crippen LogP contribution in [0.15, 0.2) is 48.8 Å². The Hall–Kier alpha value is -2.40. The largest absolute Gasteiger partial charge is 0.486 e. The number of rotatable bonds is 4. The fraction of sp³-hybridized carbons (Fsp3) is 0.0667. The fourth-order valence-corrected chi connectivity index (χ4v) is 2.85. The van der Waals surface area contributed by atoms with Crippen LogP contribution in [0.4, 0.5) is 0 Å². The molecule has 0 aliphatic carbocycles. The molecule has 5 heteroatoms. The van der Waals surface area contributed by atoms with Crippen LogP contribution >= 0.6 is 11.3 Å². The number of aromatic nitrogens is 1. The molecule has 0 unspecified atom stereocenters. The summed E-state index contributed by atoms with van der Waals surface area (Å²) in [6.45, 7) is 0.452. The molecule has 3 aromatic rings. The summed E-state index contributed by atoms with van der Waals surface area (Å²) in [5.41, 5.74) is 0.301. The molecule has 0 saturated carbocycles. The minimum absolute atomic E-state index is 0.301. The number of hydrogen-bond donors (Lipinski definition) is 1. The summed E-state index contributed by atoms with van der Waals surface area (Å²) in [5, 5.41) is 9.91. The Kier molecular flexibility index (Phi) is 3.35. The predicted octanol–water partition coefficient (Wildman–Crippen LogP) is 3.57. The van der Waals surface area contributed by atoms with Crippen LogP contribution < -0.4 is 4.74 Å². The van der Waals surface area contributed by atoms with E-state index in [2.05, 4.69) is 4.98 Å². The van der Waals surface area contributed by atoms with E-state index in [4.69, 9.17) is 9.84 Å². The van der Waals surface area contributed by atoms with Crippen LogP contribution in [0, 0.1) is 0 Å². The number of ether oxygens (including phenoxy) is 1. The lowest BCUT2D eigenvalue weighted by atomic mass is 10.1. The Bertz CT molecular complexity index is 752. The monoisotopic (exact) mass is 285 g/mol. The quantitative estimate of drug-likeness (QED) is 0.796. The maximum Gasteiger partial charge on any atom is 0.335 e. The van der Waals surface area contributed by atoms with E-state index in [-0.39, 0.29) is 0 Å². The average Bonchev–Trinajstić information content (AvgIpc) is 2.88. The second-order valence-corrected chi connectivity index (χ2v) is 5.42. The minimum atomic E-state index is -0.911. The van der Waals surface area contributed by atoms with Gasteiger partial charge in [-0.3, -0.25) is 4.98 Å². The zero-order valence-electron chi connectivity index (χ0n) is 10.4. The van der Waals surface area contributed by atoms with Crippen molar-refractivity contribution in [3.63, 3.8) is 0 Å². The van der Waals surface area contributed by atoms with Gasteiger partial charge in [-0.2, -0.15) is 0 Å². The topological polar surface area (TPSA) is 59.4 Å². The number of fused-ring (bicyclic) bond motifs is 1. The van der Waals surface area contributed by atoms with Crippen molar-refractivity contribution in [2.45, 2.75) is 6.61 Å². The summed E-state index contributed by atoms with van der Waals surface area (Å²) < 4.78 is 6.69. The normalized spacial score (nSPS) is 10.6. The standard InChI is InChI=1S/C15H11NO3S/c17-15(18)10-3-4-14-11(6-10)7-13(20-14)9-19-12-2-1-5-16-8-12/h1-8H,9H2,(H,17,18). The van der Waals surface area contributed by atoms with Crippen LogP contribution in [0.1, 0.15) is 15.2 Å². The van der Waals surface area contributed by atoms with Crippen molar-refractivity contribution in [3.05, 3.63) is 59.2 Å². The fourth-order valence-electron chi connectivity index (χ4n) is 1.89. The molecule has 0 aliphatic heterocycles. The van der Waals surface area contributed by atoms with Crippen LogP contribution in [-0.4, -0.2) is 16.1 Å². The van der Waals surface area contributed by atoms with Crippen LogP contribution in [0.25, 0.3) is 10.1 Å². The summed E-state index contributed by atoms with van der Waals surface area (Å²) >= 11 is 1.60. The molecule has 2 heterocycles. The molecule has 100 valence electrons. The Morgan fingerprint density at radius 1 is 1.30 bits per heavy atom. The molecule has 4 nitrogen and oxygen atoms in total. The van der Waals surface area contributed by atoms with Crippen molar-refractivity contribution in [2.75, 3.05) is 0 Å². The zero-order valence-corrected chi connectivity index (χ0v) is 11.3. The van der Waals surface area contributed by atoms with E-state index in [1.165, 1.54) is 0 Å². The van der Waals surface area contributed by atoms with Gasteiger partial charge in [-0.15, -0.1) is 11.3 Å². The molecule has 0 radical (unpaired) electrons. The summed E-state index contributed by atoms with van der Waals surface area (Å²) in [5.74, 6) is -0.192. The van der Waals surface area contributed by atoms with Crippen molar-refractivity contribution >= 4 is 27.4 Å². The number of hydrogen-bond acceptors (Lipinski definition) is 4. The van der Waals surface area contributed by atoms with Crippen molar-refractivity contribution in [1.82, 2.24) is 4.98 Å². The third-order valence-electron chi connectivity index (χ3n) is 2.83. The second-order valence-electron chi connectivity index (χ2n) is 4.25. The molecule has 0 fully saturated rings. The molecule has 0 saturated heterocycles. The van der Waals surface area contributed by atoms with Crippen molar-refractivity contribution in [3.8, 4) is 5.75 Å². The molecule has 0 amide bonds. The number of aromatic carboxylic acids is 1. The van der Waals surface area contributed by atoms with Gasteiger partial charge in [0.05, 0.1) is 11.8 Å². The lowest BCUT2D eigenvalue weighted by Crippen LogP contribution is -1.94. The minimum Gasteiger partial charge on any atom is -0.486 e. The van der Waals surface area contributed by atoms with Gasteiger partial charge in [0.25, 0.3) is 0 Å². The van der Waals surface area contributed by atoms with Gasteiger partial charge in [0.15, 0.2) is 0 Å². The lowest BCUT2D eigenvalue weighted by molar-refractivity contribution is 0.0697. The van der Waals surface area contributed by atoms with E-state index < -0.39 is 5.97 Å². The Morgan fingerprint density at radius 2 is 2.20 bits per heavy atom. The average molecular weight is 285 g/mol. The molecule has 1 aromatic carbocycles. The summed E-state index contributed by atoms with van der Waals surface area (Å²) in [6, 6.07) is 10.8. The predicted molar refractivity (Wildman–Crippen MR) is 77.4 cm³/mol. The maximum atomic E-state index is 10.9. The van der Waals surface area contributed by atoms with E-state index in [9.17, 15) is 4.79 Å². The lowest BCUT2D eigenvalue weighted by Gasteiger charge is -2.02. The number of carbonyl (C=O) groups is 1. The Balaban J connectivity index is 1.80. The van der Waals surface area contributed by atoms with Crippen LogP contribution in [0.2, 0.25) is 0 Å². The van der Waals surface area contributed by atoms with Crippen molar-refractivity contribution in [2.24, 2.45) is 0 Å². The van der Waals surface area contributed by atoms with E-state index in [1.54, 1.807) is 35.9 Å². The molecule has 0 aliphatic rings. The van der Waals surface area contributed by atoms with Gasteiger partial charge in [0.2, 0.25) is 0 Å². The number of carboxylic acids is 1. The summed E-state index contributed by atoms with van der Waals surface area (Å²) in [6.07, 6.45) is 3.36. The number of nitrogens with zero attached hydrogens (tertiary/aromatic N) is 1. The van der Waals surface area contributed by atoms with Gasteiger partial charge in [0, 0.05) is 15.8 Å². The third kappa shape index (κ3) is 2.62. The highest BCUT2D eigenvalue weighted by atomic mass is 32.1. The summed E-state index contributed by atoms with van der Waals surface area (Å²) in [7, 11) is 0. The number of benzene rings is 1. The number of thiophene rings is 1. The highest BCUT2D eigenvalue weighted by Crippen LogP contribution is 2.27. The van der Waals surface area contributed by atoms with Gasteiger partial charge < -0.3 is 9.84 Å². The van der Waals surface area contributed by atoms with Crippen LogP contribution in [0.5, 0.6) is 5.75 Å². The first kappa shape index (κ1) is 12.6. The van der Waals surface area contributed by atoms with Crippen LogP contribution in [0.3, 0.4) is 0 Å². The second kappa shape index (κ2) is 5.30. The van der Waals surface area contributed by atoms with Gasteiger partial charge in [-0.05, 0) is 41.8 Å². The van der Waals surface area contributed by atoms with Crippen molar-refractivity contribution in [1.29, 1.82) is 0 Å². The number of pyridine rings is 1. The van der Waals surface area contributed by atoms with Crippen LogP contribution in [-0.2, 0) is 6.61 Å². The third-order valence-corrected chi connectivity index (χ3v) is 3.92. The highest BCUT2D eigenvalue weighted by molar-refractivity contribution is 7.19.